The van der Waals surface area contributed by atoms with Crippen LogP contribution in [-0.2, 0) is 0 Å². The lowest BCUT2D eigenvalue weighted by Gasteiger charge is -2.23. The number of amides is 1. The summed E-state index contributed by atoms with van der Waals surface area (Å²) >= 11 is 1.92. The third-order valence-corrected chi connectivity index (χ3v) is 4.58. The monoisotopic (exact) mass is 373 g/mol. The summed E-state index contributed by atoms with van der Waals surface area (Å²) < 4.78 is 0.501. The molecule has 0 heterocycles. The fourth-order valence-corrected chi connectivity index (χ4v) is 3.22. The van der Waals surface area contributed by atoms with E-state index in [9.17, 15) is 9.59 Å². The van der Waals surface area contributed by atoms with Crippen molar-refractivity contribution in [3.05, 3.63) is 32.9 Å². The predicted molar refractivity (Wildman–Crippen MR) is 80.5 cm³/mol. The number of hydrogen-bond donors (Lipinski definition) is 2. The summed E-state index contributed by atoms with van der Waals surface area (Å²) in [6.45, 7) is 0. The van der Waals surface area contributed by atoms with E-state index in [1.165, 1.54) is 12.5 Å². The third kappa shape index (κ3) is 3.46. The molecule has 1 aromatic carbocycles. The fourth-order valence-electron chi connectivity index (χ4n) is 2.38. The normalized spacial score (nSPS) is 16.1. The summed E-state index contributed by atoms with van der Waals surface area (Å²) in [6, 6.07) is 5.03. The van der Waals surface area contributed by atoms with Crippen LogP contribution in [0.15, 0.2) is 18.2 Å². The van der Waals surface area contributed by atoms with Crippen molar-refractivity contribution in [1.82, 2.24) is 5.32 Å². The topological polar surface area (TPSA) is 66.4 Å². The summed E-state index contributed by atoms with van der Waals surface area (Å²) in [6.07, 6.45) is 5.56. The van der Waals surface area contributed by atoms with Crippen molar-refractivity contribution in [3.63, 3.8) is 0 Å². The van der Waals surface area contributed by atoms with Gasteiger partial charge in [-0.05, 0) is 47.6 Å². The van der Waals surface area contributed by atoms with Gasteiger partial charge in [-0.3, -0.25) is 4.79 Å². The minimum absolute atomic E-state index is 0.167. The van der Waals surface area contributed by atoms with Crippen molar-refractivity contribution >= 4 is 34.5 Å². The van der Waals surface area contributed by atoms with Crippen LogP contribution in [0.1, 0.15) is 52.8 Å². The number of carbonyl (C=O) groups is 2. The van der Waals surface area contributed by atoms with Gasteiger partial charge in [-0.15, -0.1) is 0 Å². The number of halogens is 1. The van der Waals surface area contributed by atoms with E-state index in [0.717, 1.165) is 25.7 Å². The minimum atomic E-state index is -1.00. The second-order valence-electron chi connectivity index (χ2n) is 4.78. The van der Waals surface area contributed by atoms with Crippen LogP contribution in [0.3, 0.4) is 0 Å². The zero-order valence-corrected chi connectivity index (χ0v) is 12.6. The van der Waals surface area contributed by atoms with E-state index in [1.807, 2.05) is 22.6 Å². The van der Waals surface area contributed by atoms with E-state index < -0.39 is 5.97 Å². The van der Waals surface area contributed by atoms with Crippen molar-refractivity contribution in [3.8, 4) is 0 Å². The zero-order chi connectivity index (χ0) is 13.8. The molecular weight excluding hydrogens is 357 g/mol. The number of benzene rings is 1. The maximum atomic E-state index is 12.2. The van der Waals surface area contributed by atoms with E-state index in [1.54, 1.807) is 12.1 Å². The molecule has 0 radical (unpaired) electrons. The Morgan fingerprint density at radius 1 is 1.16 bits per heavy atom. The molecule has 0 aromatic heterocycles. The van der Waals surface area contributed by atoms with Crippen molar-refractivity contribution in [2.24, 2.45) is 0 Å². The maximum absolute atomic E-state index is 12.2. The second kappa shape index (κ2) is 6.36. The third-order valence-electron chi connectivity index (χ3n) is 3.41. The molecule has 1 aliphatic rings. The quantitative estimate of drug-likeness (QED) is 0.801. The first-order valence-corrected chi connectivity index (χ1v) is 7.50. The highest BCUT2D eigenvalue weighted by Crippen LogP contribution is 2.20. The van der Waals surface area contributed by atoms with Gasteiger partial charge in [-0.25, -0.2) is 4.79 Å². The van der Waals surface area contributed by atoms with Gasteiger partial charge >= 0.3 is 5.97 Å². The summed E-state index contributed by atoms with van der Waals surface area (Å²) in [5.41, 5.74) is 0.628. The molecule has 0 bridgehead atoms. The molecule has 5 heteroatoms. The molecule has 0 aliphatic heterocycles. The predicted octanol–water partition coefficient (Wildman–Crippen LogP) is 3.05. The van der Waals surface area contributed by atoms with Gasteiger partial charge in [0.15, 0.2) is 0 Å². The van der Waals surface area contributed by atoms with Gasteiger partial charge in [0.05, 0.1) is 11.1 Å². The SMILES string of the molecule is O=C(O)c1cccc(C(=O)NC2CCCCC2)c1I. The van der Waals surface area contributed by atoms with Crippen LogP contribution < -0.4 is 5.32 Å². The van der Waals surface area contributed by atoms with Crippen molar-refractivity contribution in [2.45, 2.75) is 38.1 Å². The molecular formula is C14H16INO3. The number of nitrogens with one attached hydrogen (secondary N) is 1. The Morgan fingerprint density at radius 2 is 1.79 bits per heavy atom. The van der Waals surface area contributed by atoms with E-state index in [0.29, 0.717) is 9.13 Å². The van der Waals surface area contributed by atoms with Crippen LogP contribution in [0, 0.1) is 3.57 Å². The molecule has 1 fully saturated rings. The van der Waals surface area contributed by atoms with Gasteiger partial charge in [0.2, 0.25) is 0 Å². The number of carboxylic acids is 1. The number of hydrogen-bond acceptors (Lipinski definition) is 2. The molecule has 0 atom stereocenters. The van der Waals surface area contributed by atoms with Gasteiger partial charge in [-0.2, -0.15) is 0 Å². The Balaban J connectivity index is 2.14. The molecule has 1 amide bonds. The van der Waals surface area contributed by atoms with Gasteiger partial charge in [0, 0.05) is 9.61 Å². The first kappa shape index (κ1) is 14.3. The van der Waals surface area contributed by atoms with Crippen LogP contribution in [0.25, 0.3) is 0 Å². The largest absolute Gasteiger partial charge is 0.478 e. The molecule has 4 nitrogen and oxygen atoms in total. The molecule has 102 valence electrons. The van der Waals surface area contributed by atoms with Gasteiger partial charge in [0.1, 0.15) is 0 Å². The Morgan fingerprint density at radius 3 is 2.42 bits per heavy atom. The number of carboxylic acid groups (broad SMARTS) is 1. The summed E-state index contributed by atoms with van der Waals surface area (Å²) in [7, 11) is 0. The average molecular weight is 373 g/mol. The van der Waals surface area contributed by atoms with Crippen LogP contribution in [0.2, 0.25) is 0 Å². The standard InChI is InChI=1S/C14H16INO3/c15-12-10(7-4-8-11(12)14(18)19)13(17)16-9-5-2-1-3-6-9/h4,7-9H,1-3,5-6H2,(H,16,17)(H,18,19). The average Bonchev–Trinajstić information content (AvgIpc) is 2.39. The van der Waals surface area contributed by atoms with Gasteiger partial charge < -0.3 is 10.4 Å². The molecule has 19 heavy (non-hydrogen) atoms. The first-order valence-electron chi connectivity index (χ1n) is 6.42. The first-order chi connectivity index (χ1) is 9.09. The summed E-state index contributed by atoms with van der Waals surface area (Å²) in [5.74, 6) is -1.17. The van der Waals surface area contributed by atoms with Crippen molar-refractivity contribution in [1.29, 1.82) is 0 Å². The minimum Gasteiger partial charge on any atom is -0.478 e. The Bertz CT molecular complexity index is 495. The van der Waals surface area contributed by atoms with Crippen LogP contribution in [0.4, 0.5) is 0 Å². The lowest BCUT2D eigenvalue weighted by molar-refractivity contribution is 0.0695. The van der Waals surface area contributed by atoms with Gasteiger partial charge in [-0.1, -0.05) is 25.3 Å². The number of carbonyl (C=O) groups excluding carboxylic acids is 1. The van der Waals surface area contributed by atoms with E-state index in [2.05, 4.69) is 5.32 Å². The van der Waals surface area contributed by atoms with E-state index in [4.69, 9.17) is 5.11 Å². The van der Waals surface area contributed by atoms with E-state index in [-0.39, 0.29) is 17.5 Å². The fraction of sp³-hybridized carbons (Fsp3) is 0.429. The number of rotatable bonds is 3. The Kier molecular flexibility index (Phi) is 4.79. The molecule has 0 saturated heterocycles. The number of aromatic carboxylic acids is 1. The molecule has 0 unspecified atom stereocenters. The molecule has 1 aliphatic carbocycles. The molecule has 2 rings (SSSR count). The highest BCUT2D eigenvalue weighted by Gasteiger charge is 2.20. The molecule has 1 aromatic rings. The molecule has 2 N–H and O–H groups in total. The smallest absolute Gasteiger partial charge is 0.336 e. The Hall–Kier alpha value is -1.11. The van der Waals surface area contributed by atoms with Crippen LogP contribution in [0.5, 0.6) is 0 Å². The van der Waals surface area contributed by atoms with Crippen LogP contribution >= 0.6 is 22.6 Å². The lowest BCUT2D eigenvalue weighted by Crippen LogP contribution is -2.36. The summed E-state index contributed by atoms with van der Waals surface area (Å²) in [4.78, 5) is 23.2. The maximum Gasteiger partial charge on any atom is 0.336 e. The van der Waals surface area contributed by atoms with Gasteiger partial charge in [0.25, 0.3) is 5.91 Å². The van der Waals surface area contributed by atoms with Crippen LogP contribution in [-0.4, -0.2) is 23.0 Å². The lowest BCUT2D eigenvalue weighted by atomic mass is 9.95. The second-order valence-corrected chi connectivity index (χ2v) is 5.86. The van der Waals surface area contributed by atoms with Crippen molar-refractivity contribution < 1.29 is 14.7 Å². The van der Waals surface area contributed by atoms with E-state index >= 15 is 0 Å². The highest BCUT2D eigenvalue weighted by atomic mass is 127. The highest BCUT2D eigenvalue weighted by molar-refractivity contribution is 14.1. The molecule has 1 saturated carbocycles. The summed E-state index contributed by atoms with van der Waals surface area (Å²) in [5, 5.41) is 12.1. The molecule has 0 spiro atoms. The van der Waals surface area contributed by atoms with Crippen molar-refractivity contribution in [2.75, 3.05) is 0 Å². The Labute approximate surface area is 125 Å². The zero-order valence-electron chi connectivity index (χ0n) is 10.5.